The molecular formula is C28H27F9N2O3. The van der Waals surface area contributed by atoms with Crippen LogP contribution in [0.15, 0.2) is 30.3 Å². The predicted octanol–water partition coefficient (Wildman–Crippen LogP) is 7.46. The van der Waals surface area contributed by atoms with Crippen LogP contribution in [0.2, 0.25) is 0 Å². The molecule has 230 valence electrons. The molecule has 0 spiro atoms. The van der Waals surface area contributed by atoms with E-state index >= 15 is 0 Å². The van der Waals surface area contributed by atoms with Gasteiger partial charge in [0.05, 0.1) is 28.7 Å². The maximum atomic E-state index is 13.9. The largest absolute Gasteiger partial charge is 0.481 e. The van der Waals surface area contributed by atoms with Gasteiger partial charge in [0.15, 0.2) is 0 Å². The Morgan fingerprint density at radius 2 is 1.52 bits per heavy atom. The first-order chi connectivity index (χ1) is 19.3. The zero-order chi connectivity index (χ0) is 31.4. The van der Waals surface area contributed by atoms with Crippen molar-refractivity contribution in [2.24, 2.45) is 11.8 Å². The summed E-state index contributed by atoms with van der Waals surface area (Å²) in [4.78, 5) is 26.9. The zero-order valence-electron chi connectivity index (χ0n) is 22.4. The Balaban J connectivity index is 1.79. The lowest BCUT2D eigenvalue weighted by Crippen LogP contribution is -2.33. The van der Waals surface area contributed by atoms with Gasteiger partial charge in [0.1, 0.15) is 0 Å². The number of halogens is 9. The van der Waals surface area contributed by atoms with Crippen molar-refractivity contribution in [1.82, 2.24) is 4.90 Å². The number of carbonyl (C=O) groups excluding carboxylic acids is 1. The molecule has 1 aliphatic heterocycles. The van der Waals surface area contributed by atoms with E-state index in [1.807, 2.05) is 0 Å². The van der Waals surface area contributed by atoms with Gasteiger partial charge in [-0.2, -0.15) is 39.5 Å². The standard InChI is InChI=1S/C28H27F9N2O3/c1-14-6-21-23(39(15(2)40)12-16-7-18(26(29,30)31)10-19(8-16)27(32,33)34)4-3-5-38(13-17-9-20(17)25(41)42)24(21)11-22(14)28(35,36)37/h6-8,10-11,17,20,23H,3-5,9,12-13H2,1-2H3,(H,41,42). The number of hydrogen-bond donors (Lipinski definition) is 1. The maximum absolute atomic E-state index is 13.9. The summed E-state index contributed by atoms with van der Waals surface area (Å²) in [6, 6.07) is 2.21. The van der Waals surface area contributed by atoms with Crippen LogP contribution in [-0.4, -0.2) is 35.0 Å². The minimum Gasteiger partial charge on any atom is -0.481 e. The fraction of sp³-hybridized carbons (Fsp3) is 0.500. The molecule has 0 saturated heterocycles. The van der Waals surface area contributed by atoms with Crippen LogP contribution in [0.4, 0.5) is 45.2 Å². The number of alkyl halides is 9. The second kappa shape index (κ2) is 11.0. The minimum atomic E-state index is -5.10. The SMILES string of the molecule is CC(=O)N(Cc1cc(C(F)(F)F)cc(C(F)(F)F)c1)C1CCCN(CC2CC2C(=O)O)c2cc(C(F)(F)F)c(C)cc21. The van der Waals surface area contributed by atoms with Gasteiger partial charge in [0.25, 0.3) is 0 Å². The lowest BCUT2D eigenvalue weighted by Gasteiger charge is -2.34. The molecule has 1 saturated carbocycles. The molecule has 5 nitrogen and oxygen atoms in total. The normalized spacial score (nSPS) is 21.0. The molecule has 1 heterocycles. The fourth-order valence-electron chi connectivity index (χ4n) is 5.61. The summed E-state index contributed by atoms with van der Waals surface area (Å²) in [5, 5.41) is 9.29. The summed E-state index contributed by atoms with van der Waals surface area (Å²) in [5.74, 6) is -2.67. The molecule has 2 aliphatic rings. The summed E-state index contributed by atoms with van der Waals surface area (Å²) in [5.41, 5.74) is -4.32. The number of fused-ring (bicyclic) bond motifs is 1. The number of anilines is 1. The lowest BCUT2D eigenvalue weighted by molar-refractivity contribution is -0.143. The van der Waals surface area contributed by atoms with Crippen molar-refractivity contribution in [2.45, 2.75) is 64.2 Å². The van der Waals surface area contributed by atoms with Crippen LogP contribution in [-0.2, 0) is 34.7 Å². The summed E-state index contributed by atoms with van der Waals surface area (Å²) in [6.07, 6.45) is -14.1. The van der Waals surface area contributed by atoms with Gasteiger partial charge in [-0.3, -0.25) is 9.59 Å². The molecular weight excluding hydrogens is 583 g/mol. The van der Waals surface area contributed by atoms with Gasteiger partial charge in [-0.15, -0.1) is 0 Å². The first-order valence-electron chi connectivity index (χ1n) is 13.0. The van der Waals surface area contributed by atoms with Crippen molar-refractivity contribution in [1.29, 1.82) is 0 Å². The van der Waals surface area contributed by atoms with Gasteiger partial charge in [0, 0.05) is 32.2 Å². The van der Waals surface area contributed by atoms with E-state index in [2.05, 4.69) is 0 Å². The van der Waals surface area contributed by atoms with Crippen molar-refractivity contribution in [2.75, 3.05) is 18.0 Å². The molecule has 1 fully saturated rings. The molecule has 0 radical (unpaired) electrons. The third-order valence-corrected chi connectivity index (χ3v) is 7.76. The second-order valence-corrected chi connectivity index (χ2v) is 10.8. The van der Waals surface area contributed by atoms with Gasteiger partial charge in [0.2, 0.25) is 5.91 Å². The second-order valence-electron chi connectivity index (χ2n) is 10.8. The molecule has 0 bridgehead atoms. The highest BCUT2D eigenvalue weighted by Crippen LogP contribution is 2.46. The molecule has 1 aliphatic carbocycles. The summed E-state index contributed by atoms with van der Waals surface area (Å²) < 4.78 is 122. The van der Waals surface area contributed by atoms with E-state index in [1.165, 1.54) is 13.0 Å². The van der Waals surface area contributed by atoms with E-state index in [0.717, 1.165) is 17.9 Å². The zero-order valence-corrected chi connectivity index (χ0v) is 22.4. The highest BCUT2D eigenvalue weighted by atomic mass is 19.4. The van der Waals surface area contributed by atoms with Crippen LogP contribution in [0.25, 0.3) is 0 Å². The smallest absolute Gasteiger partial charge is 0.416 e. The first kappa shape index (κ1) is 31.5. The van der Waals surface area contributed by atoms with Crippen LogP contribution < -0.4 is 4.90 Å². The molecule has 2 aromatic carbocycles. The van der Waals surface area contributed by atoms with E-state index in [9.17, 15) is 54.2 Å². The maximum Gasteiger partial charge on any atom is 0.416 e. The predicted molar refractivity (Wildman–Crippen MR) is 132 cm³/mol. The van der Waals surface area contributed by atoms with Crippen LogP contribution >= 0.6 is 0 Å². The average Bonchev–Trinajstić information content (AvgIpc) is 3.64. The fourth-order valence-corrected chi connectivity index (χ4v) is 5.61. The Hall–Kier alpha value is -3.45. The molecule has 14 heteroatoms. The van der Waals surface area contributed by atoms with Gasteiger partial charge in [-0.1, -0.05) is 6.07 Å². The number of carboxylic acid groups (broad SMARTS) is 1. The number of aryl methyl sites for hydroxylation is 1. The van der Waals surface area contributed by atoms with Crippen molar-refractivity contribution in [3.8, 4) is 0 Å². The minimum absolute atomic E-state index is 0.0231. The monoisotopic (exact) mass is 610 g/mol. The average molecular weight is 611 g/mol. The number of rotatable bonds is 6. The number of hydrogen-bond acceptors (Lipinski definition) is 3. The van der Waals surface area contributed by atoms with Crippen molar-refractivity contribution < 1.29 is 54.2 Å². The Kier molecular flexibility index (Phi) is 8.24. The molecule has 4 rings (SSSR count). The van der Waals surface area contributed by atoms with Crippen LogP contribution in [0, 0.1) is 18.8 Å². The van der Waals surface area contributed by atoms with E-state index in [1.54, 1.807) is 4.90 Å². The number of nitrogens with zero attached hydrogens (tertiary/aromatic N) is 2. The van der Waals surface area contributed by atoms with E-state index in [4.69, 9.17) is 0 Å². The molecule has 1 N–H and O–H groups in total. The third kappa shape index (κ3) is 6.78. The summed E-state index contributed by atoms with van der Waals surface area (Å²) in [7, 11) is 0. The molecule has 3 unspecified atom stereocenters. The Bertz CT molecular complexity index is 1340. The van der Waals surface area contributed by atoms with Crippen molar-refractivity contribution >= 4 is 17.6 Å². The van der Waals surface area contributed by atoms with E-state index in [-0.39, 0.29) is 48.3 Å². The van der Waals surface area contributed by atoms with Crippen LogP contribution in [0.3, 0.4) is 0 Å². The number of carboxylic acids is 1. The molecule has 42 heavy (non-hydrogen) atoms. The molecule has 0 aromatic heterocycles. The number of benzene rings is 2. The highest BCUT2D eigenvalue weighted by molar-refractivity contribution is 5.75. The number of aliphatic carboxylic acids is 1. The Labute approximate surface area is 234 Å². The first-order valence-corrected chi connectivity index (χ1v) is 13.0. The number of carbonyl (C=O) groups is 2. The van der Waals surface area contributed by atoms with E-state index < -0.39 is 71.2 Å². The third-order valence-electron chi connectivity index (χ3n) is 7.76. The Morgan fingerprint density at radius 1 is 0.929 bits per heavy atom. The van der Waals surface area contributed by atoms with E-state index in [0.29, 0.717) is 25.0 Å². The van der Waals surface area contributed by atoms with Crippen molar-refractivity contribution in [3.63, 3.8) is 0 Å². The molecule has 1 amide bonds. The topological polar surface area (TPSA) is 60.9 Å². The lowest BCUT2D eigenvalue weighted by atomic mass is 9.94. The van der Waals surface area contributed by atoms with Crippen LogP contribution in [0.1, 0.15) is 65.6 Å². The summed E-state index contributed by atoms with van der Waals surface area (Å²) in [6.45, 7) is 1.99. The summed E-state index contributed by atoms with van der Waals surface area (Å²) >= 11 is 0. The Morgan fingerprint density at radius 3 is 2.00 bits per heavy atom. The number of amides is 1. The molecule has 2 aromatic rings. The van der Waals surface area contributed by atoms with Gasteiger partial charge in [-0.25, -0.2) is 0 Å². The molecule has 3 atom stereocenters. The highest BCUT2D eigenvalue weighted by Gasteiger charge is 2.45. The van der Waals surface area contributed by atoms with Gasteiger partial charge in [-0.05, 0) is 73.1 Å². The van der Waals surface area contributed by atoms with Gasteiger partial charge < -0.3 is 14.9 Å². The van der Waals surface area contributed by atoms with Gasteiger partial charge >= 0.3 is 24.5 Å². The van der Waals surface area contributed by atoms with Crippen LogP contribution in [0.5, 0.6) is 0 Å². The quantitative estimate of drug-likeness (QED) is 0.345. The van der Waals surface area contributed by atoms with Crippen molar-refractivity contribution in [3.05, 3.63) is 63.7 Å².